The second-order valence-electron chi connectivity index (χ2n) is 7.02. The number of carbonyl (C=O) groups excluding carboxylic acids is 3. The molecule has 0 aliphatic heterocycles. The number of nitrogens with one attached hydrogen (secondary N) is 1. The van der Waals surface area contributed by atoms with Gasteiger partial charge in [0.2, 0.25) is 5.91 Å². The predicted molar refractivity (Wildman–Crippen MR) is 116 cm³/mol. The van der Waals surface area contributed by atoms with Crippen molar-refractivity contribution in [2.45, 2.75) is 6.42 Å². The lowest BCUT2D eigenvalue weighted by molar-refractivity contribution is -0.121. The van der Waals surface area contributed by atoms with E-state index in [4.69, 9.17) is 17.3 Å². The van der Waals surface area contributed by atoms with Gasteiger partial charge in [0, 0.05) is 22.7 Å². The second kappa shape index (κ2) is 10.00. The summed E-state index contributed by atoms with van der Waals surface area (Å²) >= 11 is 5.87. The Labute approximate surface area is 184 Å². The number of benzene rings is 3. The summed E-state index contributed by atoms with van der Waals surface area (Å²) in [5.41, 5.74) is 7.02. The molecule has 158 valence electrons. The summed E-state index contributed by atoms with van der Waals surface area (Å²) < 4.78 is 13.1. The quantitative estimate of drug-likeness (QED) is 0.524. The standard InChI is InChI=1S/C24H20ClFN2O3/c25-18-9-7-16(8-10-18)22(29)20-3-1-2-4-21(20)24(31)28-14-17(23(27)30)13-15-5-11-19(26)12-6-15/h1-12,17H,13-14H2,(H2,27,30)(H,28,31). The van der Waals surface area contributed by atoms with Crippen LogP contribution in [0.2, 0.25) is 5.02 Å². The topological polar surface area (TPSA) is 89.3 Å². The van der Waals surface area contributed by atoms with Crippen molar-refractivity contribution in [1.29, 1.82) is 0 Å². The van der Waals surface area contributed by atoms with Crippen LogP contribution in [0.3, 0.4) is 0 Å². The third-order valence-corrected chi connectivity index (χ3v) is 5.08. The maximum Gasteiger partial charge on any atom is 0.252 e. The van der Waals surface area contributed by atoms with Gasteiger partial charge in [-0.2, -0.15) is 0 Å². The lowest BCUT2D eigenvalue weighted by atomic mass is 9.96. The van der Waals surface area contributed by atoms with Crippen molar-refractivity contribution in [1.82, 2.24) is 5.32 Å². The minimum absolute atomic E-state index is 0.0188. The van der Waals surface area contributed by atoms with E-state index in [9.17, 15) is 18.8 Å². The highest BCUT2D eigenvalue weighted by Crippen LogP contribution is 2.17. The summed E-state index contributed by atoms with van der Waals surface area (Å²) in [5, 5.41) is 3.18. The number of nitrogens with two attached hydrogens (primary N) is 1. The number of rotatable bonds is 8. The maximum atomic E-state index is 13.1. The Kier molecular flexibility index (Phi) is 7.15. The van der Waals surface area contributed by atoms with Crippen LogP contribution in [0, 0.1) is 11.7 Å². The number of hydrogen-bond acceptors (Lipinski definition) is 3. The molecule has 0 aliphatic carbocycles. The Morgan fingerprint density at radius 3 is 2.13 bits per heavy atom. The monoisotopic (exact) mass is 438 g/mol. The van der Waals surface area contributed by atoms with E-state index >= 15 is 0 Å². The van der Waals surface area contributed by atoms with Crippen molar-refractivity contribution in [2.24, 2.45) is 11.7 Å². The highest BCUT2D eigenvalue weighted by molar-refractivity contribution is 6.30. The van der Waals surface area contributed by atoms with Gasteiger partial charge in [-0.15, -0.1) is 0 Å². The molecule has 0 spiro atoms. The van der Waals surface area contributed by atoms with Crippen LogP contribution < -0.4 is 11.1 Å². The van der Waals surface area contributed by atoms with Gasteiger partial charge in [0.1, 0.15) is 5.82 Å². The number of carbonyl (C=O) groups is 3. The Bertz CT molecular complexity index is 1100. The van der Waals surface area contributed by atoms with Crippen LogP contribution in [0.25, 0.3) is 0 Å². The van der Waals surface area contributed by atoms with Crippen LogP contribution in [-0.4, -0.2) is 24.1 Å². The SMILES string of the molecule is NC(=O)C(CNC(=O)c1ccccc1C(=O)c1ccc(Cl)cc1)Cc1ccc(F)cc1. The molecule has 3 aromatic rings. The van der Waals surface area contributed by atoms with Crippen molar-refractivity contribution < 1.29 is 18.8 Å². The molecule has 3 N–H and O–H groups in total. The van der Waals surface area contributed by atoms with Gasteiger partial charge in [-0.3, -0.25) is 14.4 Å². The molecule has 5 nitrogen and oxygen atoms in total. The minimum Gasteiger partial charge on any atom is -0.369 e. The molecule has 0 saturated heterocycles. The van der Waals surface area contributed by atoms with Gasteiger partial charge in [0.05, 0.1) is 11.5 Å². The molecule has 31 heavy (non-hydrogen) atoms. The molecule has 7 heteroatoms. The molecular weight excluding hydrogens is 419 g/mol. The number of halogens is 2. The molecule has 0 aromatic heterocycles. The fourth-order valence-electron chi connectivity index (χ4n) is 3.13. The molecule has 1 unspecified atom stereocenters. The fraction of sp³-hybridized carbons (Fsp3) is 0.125. The molecule has 2 amide bonds. The van der Waals surface area contributed by atoms with Crippen molar-refractivity contribution in [2.75, 3.05) is 6.54 Å². The molecule has 3 aromatic carbocycles. The number of primary amides is 1. The first-order valence-electron chi connectivity index (χ1n) is 9.56. The normalized spacial score (nSPS) is 11.5. The first-order chi connectivity index (χ1) is 14.8. The third kappa shape index (κ3) is 5.77. The number of hydrogen-bond donors (Lipinski definition) is 2. The van der Waals surface area contributed by atoms with E-state index in [1.54, 1.807) is 54.6 Å². The molecular formula is C24H20ClFN2O3. The van der Waals surface area contributed by atoms with Gasteiger partial charge in [-0.1, -0.05) is 41.9 Å². The Hall–Kier alpha value is -3.51. The fourth-order valence-corrected chi connectivity index (χ4v) is 3.25. The zero-order valence-electron chi connectivity index (χ0n) is 16.5. The van der Waals surface area contributed by atoms with Crippen LogP contribution >= 0.6 is 11.6 Å². The van der Waals surface area contributed by atoms with Gasteiger partial charge in [0.15, 0.2) is 5.78 Å². The highest BCUT2D eigenvalue weighted by atomic mass is 35.5. The lowest BCUT2D eigenvalue weighted by Crippen LogP contribution is -2.37. The molecule has 3 rings (SSSR count). The zero-order valence-corrected chi connectivity index (χ0v) is 17.2. The third-order valence-electron chi connectivity index (χ3n) is 4.83. The average Bonchev–Trinajstić information content (AvgIpc) is 2.77. The van der Waals surface area contributed by atoms with E-state index in [1.807, 2.05) is 0 Å². The van der Waals surface area contributed by atoms with Crippen molar-refractivity contribution in [3.63, 3.8) is 0 Å². The van der Waals surface area contributed by atoms with Crippen molar-refractivity contribution in [3.05, 3.63) is 106 Å². The summed E-state index contributed by atoms with van der Waals surface area (Å²) in [5.74, 6) is -2.47. The van der Waals surface area contributed by atoms with Crippen LogP contribution in [-0.2, 0) is 11.2 Å². The van der Waals surface area contributed by atoms with E-state index in [0.29, 0.717) is 10.6 Å². The van der Waals surface area contributed by atoms with Crippen LogP contribution in [0.1, 0.15) is 31.8 Å². The molecule has 0 bridgehead atoms. The molecule has 0 saturated carbocycles. The molecule has 0 aliphatic rings. The van der Waals surface area contributed by atoms with Gasteiger partial charge in [-0.05, 0) is 54.4 Å². The van der Waals surface area contributed by atoms with E-state index in [-0.39, 0.29) is 35.7 Å². The first kappa shape index (κ1) is 22.2. The summed E-state index contributed by atoms with van der Waals surface area (Å²) in [4.78, 5) is 37.5. The number of ketones is 1. The molecule has 1 atom stereocenters. The van der Waals surface area contributed by atoms with Crippen molar-refractivity contribution in [3.8, 4) is 0 Å². The average molecular weight is 439 g/mol. The zero-order chi connectivity index (χ0) is 22.4. The first-order valence-corrected chi connectivity index (χ1v) is 9.94. The van der Waals surface area contributed by atoms with Gasteiger partial charge < -0.3 is 11.1 Å². The maximum absolute atomic E-state index is 13.1. The lowest BCUT2D eigenvalue weighted by Gasteiger charge is -2.15. The van der Waals surface area contributed by atoms with Crippen LogP contribution in [0.5, 0.6) is 0 Å². The molecule has 0 fully saturated rings. The Morgan fingerprint density at radius 1 is 0.903 bits per heavy atom. The number of amides is 2. The Balaban J connectivity index is 1.73. The van der Waals surface area contributed by atoms with E-state index < -0.39 is 17.7 Å². The largest absolute Gasteiger partial charge is 0.369 e. The van der Waals surface area contributed by atoms with Gasteiger partial charge in [-0.25, -0.2) is 4.39 Å². The smallest absolute Gasteiger partial charge is 0.252 e. The van der Waals surface area contributed by atoms with E-state index in [0.717, 1.165) is 5.56 Å². The predicted octanol–water partition coefficient (Wildman–Crippen LogP) is 3.78. The Morgan fingerprint density at radius 2 is 1.52 bits per heavy atom. The van der Waals surface area contributed by atoms with Gasteiger partial charge >= 0.3 is 0 Å². The molecule has 0 heterocycles. The highest BCUT2D eigenvalue weighted by Gasteiger charge is 2.21. The van der Waals surface area contributed by atoms with E-state index in [1.165, 1.54) is 18.2 Å². The van der Waals surface area contributed by atoms with Crippen LogP contribution in [0.15, 0.2) is 72.8 Å². The summed E-state index contributed by atoms with van der Waals surface area (Å²) in [7, 11) is 0. The van der Waals surface area contributed by atoms with Crippen molar-refractivity contribution >= 4 is 29.2 Å². The van der Waals surface area contributed by atoms with Crippen LogP contribution in [0.4, 0.5) is 4.39 Å². The molecule has 0 radical (unpaired) electrons. The minimum atomic E-state index is -0.687. The summed E-state index contributed by atoms with van der Waals surface area (Å²) in [6.45, 7) is -0.0188. The second-order valence-corrected chi connectivity index (χ2v) is 7.46. The summed E-state index contributed by atoms with van der Waals surface area (Å²) in [6, 6.07) is 18.5. The summed E-state index contributed by atoms with van der Waals surface area (Å²) in [6.07, 6.45) is 0.251. The van der Waals surface area contributed by atoms with E-state index in [2.05, 4.69) is 5.32 Å². The van der Waals surface area contributed by atoms with Gasteiger partial charge in [0.25, 0.3) is 5.91 Å².